The Bertz CT molecular complexity index is 361. The molecule has 16 heavy (non-hydrogen) atoms. The highest BCUT2D eigenvalue weighted by molar-refractivity contribution is 5.84. The van der Waals surface area contributed by atoms with Crippen LogP contribution in [0, 0.1) is 6.92 Å². The smallest absolute Gasteiger partial charge is 0.139 e. The number of carbonyl (C=O) groups excluding carboxylic acids is 1. The van der Waals surface area contributed by atoms with Gasteiger partial charge in [-0.25, -0.2) is 0 Å². The fourth-order valence-electron chi connectivity index (χ4n) is 2.35. The van der Waals surface area contributed by atoms with Gasteiger partial charge >= 0.3 is 0 Å². The third-order valence-electron chi connectivity index (χ3n) is 3.21. The highest BCUT2D eigenvalue weighted by Gasteiger charge is 2.30. The van der Waals surface area contributed by atoms with E-state index < -0.39 is 0 Å². The zero-order valence-corrected chi connectivity index (χ0v) is 9.90. The Balaban J connectivity index is 2.24. The van der Waals surface area contributed by atoms with Gasteiger partial charge in [0, 0.05) is 6.61 Å². The minimum atomic E-state index is -0.0805. The maximum Gasteiger partial charge on any atom is 0.139 e. The van der Waals surface area contributed by atoms with Crippen LogP contribution in [0.1, 0.15) is 36.8 Å². The van der Waals surface area contributed by atoms with Crippen molar-refractivity contribution in [3.05, 3.63) is 35.4 Å². The first-order valence-electron chi connectivity index (χ1n) is 5.87. The van der Waals surface area contributed by atoms with Crippen molar-refractivity contribution in [1.29, 1.82) is 0 Å². The van der Waals surface area contributed by atoms with Crippen LogP contribution in [0.15, 0.2) is 24.3 Å². The average molecular weight is 218 g/mol. The molecule has 1 aliphatic rings. The van der Waals surface area contributed by atoms with Crippen molar-refractivity contribution < 1.29 is 9.53 Å². The van der Waals surface area contributed by atoms with Crippen molar-refractivity contribution in [1.82, 2.24) is 0 Å². The number of aryl methyl sites for hydroxylation is 1. The van der Waals surface area contributed by atoms with Crippen molar-refractivity contribution in [3.63, 3.8) is 0 Å². The minimum Gasteiger partial charge on any atom is -0.377 e. The second-order valence-corrected chi connectivity index (χ2v) is 4.55. The molecule has 1 saturated heterocycles. The summed E-state index contributed by atoms with van der Waals surface area (Å²) in [6, 6.07) is 8.20. The fraction of sp³-hybridized carbons (Fsp3) is 0.500. The van der Waals surface area contributed by atoms with Gasteiger partial charge < -0.3 is 4.74 Å². The SMILES string of the molecule is CC(=O)C(c1ccc(C)cc1)C1CCCO1. The number of carbonyl (C=O) groups is 1. The quantitative estimate of drug-likeness (QED) is 0.779. The molecule has 2 rings (SSSR count). The summed E-state index contributed by atoms with van der Waals surface area (Å²) >= 11 is 0. The van der Waals surface area contributed by atoms with E-state index in [-0.39, 0.29) is 17.8 Å². The standard InChI is InChI=1S/C14H18O2/c1-10-5-7-12(8-6-10)14(11(2)15)13-4-3-9-16-13/h5-8,13-14H,3-4,9H2,1-2H3. The molecule has 2 heteroatoms. The van der Waals surface area contributed by atoms with Gasteiger partial charge in [-0.3, -0.25) is 4.79 Å². The molecular formula is C14H18O2. The maximum atomic E-state index is 11.7. The van der Waals surface area contributed by atoms with E-state index in [1.807, 2.05) is 12.1 Å². The van der Waals surface area contributed by atoms with Gasteiger partial charge in [0.05, 0.1) is 12.0 Å². The second kappa shape index (κ2) is 4.79. The first kappa shape index (κ1) is 11.3. The molecule has 0 N–H and O–H groups in total. The summed E-state index contributed by atoms with van der Waals surface area (Å²) in [6.45, 7) is 4.51. The topological polar surface area (TPSA) is 26.3 Å². The van der Waals surface area contributed by atoms with Crippen LogP contribution in [0.4, 0.5) is 0 Å². The van der Waals surface area contributed by atoms with Crippen LogP contribution in [0.2, 0.25) is 0 Å². The molecule has 0 amide bonds. The Hall–Kier alpha value is -1.15. The molecule has 0 aromatic heterocycles. The zero-order valence-electron chi connectivity index (χ0n) is 9.90. The predicted molar refractivity (Wildman–Crippen MR) is 63.6 cm³/mol. The van der Waals surface area contributed by atoms with E-state index in [9.17, 15) is 4.79 Å². The van der Waals surface area contributed by atoms with E-state index in [1.54, 1.807) is 6.92 Å². The lowest BCUT2D eigenvalue weighted by Crippen LogP contribution is -2.23. The van der Waals surface area contributed by atoms with Crippen LogP contribution in [-0.2, 0) is 9.53 Å². The van der Waals surface area contributed by atoms with E-state index in [1.165, 1.54) is 5.56 Å². The molecule has 0 spiro atoms. The summed E-state index contributed by atoms with van der Waals surface area (Å²) in [5.41, 5.74) is 2.31. The molecule has 1 fully saturated rings. The molecule has 0 saturated carbocycles. The lowest BCUT2D eigenvalue weighted by Gasteiger charge is -2.20. The average Bonchev–Trinajstić information content (AvgIpc) is 2.74. The van der Waals surface area contributed by atoms with Crippen molar-refractivity contribution in [2.24, 2.45) is 0 Å². The van der Waals surface area contributed by atoms with E-state index >= 15 is 0 Å². The number of ether oxygens (including phenoxy) is 1. The summed E-state index contributed by atoms with van der Waals surface area (Å²) in [5, 5.41) is 0. The summed E-state index contributed by atoms with van der Waals surface area (Å²) < 4.78 is 5.64. The molecule has 0 bridgehead atoms. The van der Waals surface area contributed by atoms with Gasteiger partial charge in [0.2, 0.25) is 0 Å². The molecule has 1 aromatic carbocycles. The van der Waals surface area contributed by atoms with Gasteiger partial charge in [-0.1, -0.05) is 29.8 Å². The molecule has 2 atom stereocenters. The Morgan fingerprint density at radius 2 is 2.06 bits per heavy atom. The summed E-state index contributed by atoms with van der Waals surface area (Å²) in [4.78, 5) is 11.7. The highest BCUT2D eigenvalue weighted by Crippen LogP contribution is 2.29. The van der Waals surface area contributed by atoms with Crippen LogP contribution in [0.25, 0.3) is 0 Å². The van der Waals surface area contributed by atoms with Gasteiger partial charge in [-0.05, 0) is 32.3 Å². The normalized spacial score (nSPS) is 22.0. The van der Waals surface area contributed by atoms with Gasteiger partial charge in [-0.15, -0.1) is 0 Å². The predicted octanol–water partition coefficient (Wildman–Crippen LogP) is 2.85. The minimum absolute atomic E-state index is 0.0805. The molecule has 86 valence electrons. The van der Waals surface area contributed by atoms with E-state index in [4.69, 9.17) is 4.74 Å². The van der Waals surface area contributed by atoms with Crippen LogP contribution in [0.3, 0.4) is 0 Å². The number of rotatable bonds is 3. The summed E-state index contributed by atoms with van der Waals surface area (Å²) in [7, 11) is 0. The monoisotopic (exact) mass is 218 g/mol. The van der Waals surface area contributed by atoms with Crippen LogP contribution >= 0.6 is 0 Å². The Labute approximate surface area is 96.6 Å². The summed E-state index contributed by atoms with van der Waals surface area (Å²) in [5.74, 6) is 0.124. The zero-order chi connectivity index (χ0) is 11.5. The van der Waals surface area contributed by atoms with Gasteiger partial charge in [-0.2, -0.15) is 0 Å². The van der Waals surface area contributed by atoms with Gasteiger partial charge in [0.1, 0.15) is 5.78 Å². The Morgan fingerprint density at radius 3 is 2.56 bits per heavy atom. The van der Waals surface area contributed by atoms with Crippen LogP contribution in [-0.4, -0.2) is 18.5 Å². The summed E-state index contributed by atoms with van der Waals surface area (Å²) in [6.07, 6.45) is 2.15. The number of ketones is 1. The number of hydrogen-bond donors (Lipinski definition) is 0. The lowest BCUT2D eigenvalue weighted by atomic mass is 9.88. The largest absolute Gasteiger partial charge is 0.377 e. The molecule has 2 unspecified atom stereocenters. The number of Topliss-reactive ketones (excluding diaryl/α,β-unsaturated/α-hetero) is 1. The maximum absolute atomic E-state index is 11.7. The second-order valence-electron chi connectivity index (χ2n) is 4.55. The number of benzene rings is 1. The van der Waals surface area contributed by atoms with E-state index in [0.29, 0.717) is 0 Å². The van der Waals surface area contributed by atoms with Crippen molar-refractivity contribution in [3.8, 4) is 0 Å². The van der Waals surface area contributed by atoms with E-state index in [0.717, 1.165) is 25.0 Å². The molecule has 0 aliphatic carbocycles. The van der Waals surface area contributed by atoms with Crippen molar-refractivity contribution in [2.75, 3.05) is 6.61 Å². The third-order valence-corrected chi connectivity index (χ3v) is 3.21. The third kappa shape index (κ3) is 2.33. The first-order valence-corrected chi connectivity index (χ1v) is 5.87. The molecule has 1 aromatic rings. The van der Waals surface area contributed by atoms with E-state index in [2.05, 4.69) is 19.1 Å². The van der Waals surface area contributed by atoms with Crippen LogP contribution in [0.5, 0.6) is 0 Å². The molecule has 2 nitrogen and oxygen atoms in total. The number of hydrogen-bond acceptors (Lipinski definition) is 2. The fourth-order valence-corrected chi connectivity index (χ4v) is 2.35. The Kier molecular flexibility index (Phi) is 3.39. The molecular weight excluding hydrogens is 200 g/mol. The van der Waals surface area contributed by atoms with Crippen molar-refractivity contribution >= 4 is 5.78 Å². The Morgan fingerprint density at radius 1 is 1.38 bits per heavy atom. The molecule has 1 heterocycles. The lowest BCUT2D eigenvalue weighted by molar-refractivity contribution is -0.121. The first-order chi connectivity index (χ1) is 7.68. The molecule has 1 aliphatic heterocycles. The van der Waals surface area contributed by atoms with Crippen molar-refractivity contribution in [2.45, 2.75) is 38.7 Å². The van der Waals surface area contributed by atoms with Gasteiger partial charge in [0.25, 0.3) is 0 Å². The van der Waals surface area contributed by atoms with Crippen LogP contribution < -0.4 is 0 Å². The molecule has 0 radical (unpaired) electrons. The van der Waals surface area contributed by atoms with Gasteiger partial charge in [0.15, 0.2) is 0 Å². The highest BCUT2D eigenvalue weighted by atomic mass is 16.5.